The molecular formula is C19H19N5O2. The maximum atomic E-state index is 12.1. The Morgan fingerprint density at radius 3 is 2.65 bits per heavy atom. The summed E-state index contributed by atoms with van der Waals surface area (Å²) in [5.74, 6) is -0.498. The van der Waals surface area contributed by atoms with E-state index in [9.17, 15) is 9.59 Å². The van der Waals surface area contributed by atoms with Gasteiger partial charge in [0.05, 0.1) is 5.69 Å². The molecule has 132 valence electrons. The molecule has 0 saturated heterocycles. The van der Waals surface area contributed by atoms with Gasteiger partial charge in [0.15, 0.2) is 0 Å². The van der Waals surface area contributed by atoms with Gasteiger partial charge in [0.1, 0.15) is 0 Å². The molecule has 1 heterocycles. The van der Waals surface area contributed by atoms with Crippen LogP contribution in [-0.4, -0.2) is 21.7 Å². The van der Waals surface area contributed by atoms with Crippen LogP contribution in [0, 0.1) is 6.92 Å². The molecule has 3 amide bonds. The van der Waals surface area contributed by atoms with Gasteiger partial charge in [-0.2, -0.15) is 5.10 Å². The SMILES string of the molecule is Cc1ccnn1-c1cccc(NC(=O)NCc2cccc(C(N)=O)c2)c1. The standard InChI is InChI=1S/C19H19N5O2/c1-13-8-9-22-24(13)17-7-3-6-16(11-17)23-19(26)21-12-14-4-2-5-15(10-14)18(20)25/h2-11H,12H2,1H3,(H2,20,25)(H2,21,23,26). The number of hydrogen-bond donors (Lipinski definition) is 3. The van der Waals surface area contributed by atoms with Crippen molar-refractivity contribution < 1.29 is 9.59 Å². The second kappa shape index (κ2) is 7.52. The van der Waals surface area contributed by atoms with Crippen molar-refractivity contribution >= 4 is 17.6 Å². The van der Waals surface area contributed by atoms with E-state index in [1.165, 1.54) is 0 Å². The van der Waals surface area contributed by atoms with Crippen molar-refractivity contribution in [1.82, 2.24) is 15.1 Å². The van der Waals surface area contributed by atoms with Gasteiger partial charge in [0.25, 0.3) is 0 Å². The number of carbonyl (C=O) groups is 2. The number of rotatable bonds is 5. The van der Waals surface area contributed by atoms with Crippen molar-refractivity contribution in [1.29, 1.82) is 0 Å². The molecule has 0 aliphatic heterocycles. The van der Waals surface area contributed by atoms with Gasteiger partial charge >= 0.3 is 6.03 Å². The Morgan fingerprint density at radius 2 is 1.92 bits per heavy atom. The van der Waals surface area contributed by atoms with Crippen LogP contribution in [0.1, 0.15) is 21.6 Å². The Balaban J connectivity index is 1.63. The van der Waals surface area contributed by atoms with Crippen LogP contribution in [0.5, 0.6) is 0 Å². The lowest BCUT2D eigenvalue weighted by molar-refractivity contribution is 0.1000. The predicted octanol–water partition coefficient (Wildman–Crippen LogP) is 2.60. The molecule has 0 saturated carbocycles. The number of nitrogens with two attached hydrogens (primary N) is 1. The van der Waals surface area contributed by atoms with E-state index in [0.29, 0.717) is 11.3 Å². The third-order valence-electron chi connectivity index (χ3n) is 3.85. The first-order valence-electron chi connectivity index (χ1n) is 8.07. The molecule has 4 N–H and O–H groups in total. The van der Waals surface area contributed by atoms with Gasteiger partial charge in [0, 0.05) is 29.7 Å². The molecule has 7 nitrogen and oxygen atoms in total. The van der Waals surface area contributed by atoms with Crippen molar-refractivity contribution in [3.63, 3.8) is 0 Å². The van der Waals surface area contributed by atoms with Crippen molar-refractivity contribution in [2.75, 3.05) is 5.32 Å². The number of amides is 3. The van der Waals surface area contributed by atoms with Crippen molar-refractivity contribution in [3.8, 4) is 5.69 Å². The number of benzene rings is 2. The van der Waals surface area contributed by atoms with Gasteiger partial charge < -0.3 is 16.4 Å². The van der Waals surface area contributed by atoms with E-state index < -0.39 is 5.91 Å². The van der Waals surface area contributed by atoms with Crippen LogP contribution in [0.25, 0.3) is 5.69 Å². The van der Waals surface area contributed by atoms with E-state index in [2.05, 4.69) is 15.7 Å². The Bertz CT molecular complexity index is 948. The third kappa shape index (κ3) is 4.07. The Hall–Kier alpha value is -3.61. The minimum absolute atomic E-state index is 0.283. The van der Waals surface area contributed by atoms with Crippen LogP contribution in [0.15, 0.2) is 60.8 Å². The lowest BCUT2D eigenvalue weighted by Gasteiger charge is -2.10. The van der Waals surface area contributed by atoms with Gasteiger partial charge in [-0.15, -0.1) is 0 Å². The largest absolute Gasteiger partial charge is 0.366 e. The van der Waals surface area contributed by atoms with Crippen LogP contribution in [0.3, 0.4) is 0 Å². The molecular weight excluding hydrogens is 330 g/mol. The van der Waals surface area contributed by atoms with E-state index in [0.717, 1.165) is 16.9 Å². The topological polar surface area (TPSA) is 102 Å². The molecule has 0 aliphatic carbocycles. The zero-order chi connectivity index (χ0) is 18.5. The van der Waals surface area contributed by atoms with E-state index in [-0.39, 0.29) is 12.6 Å². The predicted molar refractivity (Wildman–Crippen MR) is 99.1 cm³/mol. The second-order valence-corrected chi connectivity index (χ2v) is 5.81. The molecule has 3 rings (SSSR count). The summed E-state index contributed by atoms with van der Waals surface area (Å²) < 4.78 is 1.79. The molecule has 0 aliphatic rings. The van der Waals surface area contributed by atoms with Crippen molar-refractivity contribution in [3.05, 3.63) is 77.6 Å². The smallest absolute Gasteiger partial charge is 0.319 e. The minimum Gasteiger partial charge on any atom is -0.366 e. The van der Waals surface area contributed by atoms with Gasteiger partial charge in [-0.3, -0.25) is 4.79 Å². The number of hydrogen-bond acceptors (Lipinski definition) is 3. The number of primary amides is 1. The van der Waals surface area contributed by atoms with Gasteiger partial charge in [-0.25, -0.2) is 9.48 Å². The monoisotopic (exact) mass is 349 g/mol. The molecule has 1 aromatic heterocycles. The van der Waals surface area contributed by atoms with E-state index in [1.54, 1.807) is 35.1 Å². The molecule has 26 heavy (non-hydrogen) atoms. The van der Waals surface area contributed by atoms with Crippen molar-refractivity contribution in [2.24, 2.45) is 5.73 Å². The maximum absolute atomic E-state index is 12.1. The number of anilines is 1. The van der Waals surface area contributed by atoms with Crippen LogP contribution < -0.4 is 16.4 Å². The molecule has 0 radical (unpaired) electrons. The number of carbonyl (C=O) groups excluding carboxylic acids is 2. The van der Waals surface area contributed by atoms with Gasteiger partial charge in [0.2, 0.25) is 5.91 Å². The zero-order valence-electron chi connectivity index (χ0n) is 14.3. The summed E-state index contributed by atoms with van der Waals surface area (Å²) in [6.07, 6.45) is 1.72. The Kier molecular flexibility index (Phi) is 4.98. The molecule has 3 aromatic rings. The first kappa shape index (κ1) is 17.2. The first-order chi connectivity index (χ1) is 12.5. The quantitative estimate of drug-likeness (QED) is 0.660. The first-order valence-corrected chi connectivity index (χ1v) is 8.07. The number of aryl methyl sites for hydroxylation is 1. The average Bonchev–Trinajstić information content (AvgIpc) is 3.06. The fraction of sp³-hybridized carbons (Fsp3) is 0.105. The Morgan fingerprint density at radius 1 is 1.12 bits per heavy atom. The lowest BCUT2D eigenvalue weighted by Crippen LogP contribution is -2.28. The average molecular weight is 349 g/mol. The fourth-order valence-electron chi connectivity index (χ4n) is 2.55. The number of aromatic nitrogens is 2. The Labute approximate surface area is 150 Å². The summed E-state index contributed by atoms with van der Waals surface area (Å²) in [4.78, 5) is 23.3. The summed E-state index contributed by atoms with van der Waals surface area (Å²) in [6.45, 7) is 2.24. The lowest BCUT2D eigenvalue weighted by atomic mass is 10.1. The highest BCUT2D eigenvalue weighted by molar-refractivity contribution is 5.93. The molecule has 0 unspecified atom stereocenters. The molecule has 0 spiro atoms. The summed E-state index contributed by atoms with van der Waals surface area (Å²) >= 11 is 0. The van der Waals surface area contributed by atoms with Crippen LogP contribution in [-0.2, 0) is 6.54 Å². The summed E-state index contributed by atoms with van der Waals surface area (Å²) in [6, 6.07) is 15.8. The highest BCUT2D eigenvalue weighted by Gasteiger charge is 2.06. The maximum Gasteiger partial charge on any atom is 0.319 e. The summed E-state index contributed by atoms with van der Waals surface area (Å²) in [5.41, 5.74) is 8.97. The highest BCUT2D eigenvalue weighted by Crippen LogP contribution is 2.15. The normalized spacial score (nSPS) is 10.3. The molecule has 0 fully saturated rings. The van der Waals surface area contributed by atoms with Crippen LogP contribution >= 0.6 is 0 Å². The van der Waals surface area contributed by atoms with E-state index >= 15 is 0 Å². The number of nitrogens with zero attached hydrogens (tertiary/aromatic N) is 2. The van der Waals surface area contributed by atoms with Crippen LogP contribution in [0.4, 0.5) is 10.5 Å². The highest BCUT2D eigenvalue weighted by atomic mass is 16.2. The molecule has 0 bridgehead atoms. The molecule has 7 heteroatoms. The van der Waals surface area contributed by atoms with Crippen LogP contribution in [0.2, 0.25) is 0 Å². The second-order valence-electron chi connectivity index (χ2n) is 5.81. The zero-order valence-corrected chi connectivity index (χ0v) is 14.3. The van der Waals surface area contributed by atoms with E-state index in [4.69, 9.17) is 5.73 Å². The van der Waals surface area contributed by atoms with Gasteiger partial charge in [-0.05, 0) is 48.9 Å². The minimum atomic E-state index is -0.498. The number of nitrogens with one attached hydrogen (secondary N) is 2. The summed E-state index contributed by atoms with van der Waals surface area (Å²) in [7, 11) is 0. The fourth-order valence-corrected chi connectivity index (χ4v) is 2.55. The molecule has 0 atom stereocenters. The van der Waals surface area contributed by atoms with Gasteiger partial charge in [-0.1, -0.05) is 18.2 Å². The third-order valence-corrected chi connectivity index (χ3v) is 3.85. The number of urea groups is 1. The summed E-state index contributed by atoms with van der Waals surface area (Å²) in [5, 5.41) is 9.80. The van der Waals surface area contributed by atoms with Crippen molar-refractivity contribution in [2.45, 2.75) is 13.5 Å². The molecule has 2 aromatic carbocycles. The van der Waals surface area contributed by atoms with E-state index in [1.807, 2.05) is 37.3 Å².